The fourth-order valence-electron chi connectivity index (χ4n) is 2.83. The maximum absolute atomic E-state index is 3.57. The molecule has 1 unspecified atom stereocenters. The highest BCUT2D eigenvalue weighted by Crippen LogP contribution is 2.22. The van der Waals surface area contributed by atoms with Crippen molar-refractivity contribution in [3.05, 3.63) is 35.5 Å². The topological polar surface area (TPSA) is 27.8 Å². The van der Waals surface area contributed by atoms with Gasteiger partial charge in [-0.15, -0.1) is 0 Å². The first-order chi connectivity index (χ1) is 8.33. The predicted molar refractivity (Wildman–Crippen MR) is 72.4 cm³/mol. The van der Waals surface area contributed by atoms with E-state index in [1.165, 1.54) is 54.3 Å². The molecule has 2 heteroatoms. The normalized spacial score (nSPS) is 20.2. The number of aryl methyl sites for hydroxylation is 2. The number of aromatic amines is 1. The zero-order valence-corrected chi connectivity index (χ0v) is 10.4. The molecule has 1 aromatic carbocycles. The molecule has 2 N–H and O–H groups in total. The van der Waals surface area contributed by atoms with Crippen LogP contribution in [0.2, 0.25) is 0 Å². The summed E-state index contributed by atoms with van der Waals surface area (Å²) in [5, 5.41) is 4.97. The minimum Gasteiger partial charge on any atom is -0.361 e. The summed E-state index contributed by atoms with van der Waals surface area (Å²) in [6.45, 7) is 3.37. The molecular formula is C15H20N2. The van der Waals surface area contributed by atoms with Crippen LogP contribution in [0.25, 0.3) is 10.9 Å². The van der Waals surface area contributed by atoms with Gasteiger partial charge in [0.2, 0.25) is 0 Å². The van der Waals surface area contributed by atoms with Crippen LogP contribution in [0.4, 0.5) is 0 Å². The van der Waals surface area contributed by atoms with Crippen LogP contribution in [-0.4, -0.2) is 17.6 Å². The molecule has 90 valence electrons. The summed E-state index contributed by atoms with van der Waals surface area (Å²) in [7, 11) is 0. The highest BCUT2D eigenvalue weighted by atomic mass is 14.9. The van der Waals surface area contributed by atoms with Gasteiger partial charge in [0.25, 0.3) is 0 Å². The average Bonchev–Trinajstić information content (AvgIpc) is 2.94. The van der Waals surface area contributed by atoms with Crippen LogP contribution < -0.4 is 5.32 Å². The molecule has 0 spiro atoms. The van der Waals surface area contributed by atoms with Gasteiger partial charge in [0.15, 0.2) is 0 Å². The van der Waals surface area contributed by atoms with Crippen molar-refractivity contribution in [2.75, 3.05) is 6.54 Å². The number of nitrogens with one attached hydrogen (secondary N) is 2. The highest BCUT2D eigenvalue weighted by Gasteiger charge is 2.14. The Morgan fingerprint density at radius 1 is 1.35 bits per heavy atom. The van der Waals surface area contributed by atoms with Gasteiger partial charge in [0.05, 0.1) is 0 Å². The molecule has 1 atom stereocenters. The van der Waals surface area contributed by atoms with Gasteiger partial charge in [-0.25, -0.2) is 0 Å². The zero-order chi connectivity index (χ0) is 11.7. The summed E-state index contributed by atoms with van der Waals surface area (Å²) >= 11 is 0. The van der Waals surface area contributed by atoms with E-state index in [2.05, 4.69) is 41.6 Å². The Morgan fingerprint density at radius 3 is 3.12 bits per heavy atom. The van der Waals surface area contributed by atoms with E-state index in [0.29, 0.717) is 0 Å². The Morgan fingerprint density at radius 2 is 2.29 bits per heavy atom. The molecule has 0 saturated carbocycles. The zero-order valence-electron chi connectivity index (χ0n) is 10.4. The van der Waals surface area contributed by atoms with Crippen molar-refractivity contribution >= 4 is 10.9 Å². The van der Waals surface area contributed by atoms with Crippen LogP contribution in [0.15, 0.2) is 24.4 Å². The van der Waals surface area contributed by atoms with Gasteiger partial charge >= 0.3 is 0 Å². The van der Waals surface area contributed by atoms with Crippen molar-refractivity contribution < 1.29 is 0 Å². The second-order valence-corrected chi connectivity index (χ2v) is 5.19. The largest absolute Gasteiger partial charge is 0.361 e. The molecule has 1 aliphatic rings. The van der Waals surface area contributed by atoms with Crippen molar-refractivity contribution in [2.24, 2.45) is 0 Å². The Labute approximate surface area is 102 Å². The van der Waals surface area contributed by atoms with Gasteiger partial charge in [-0.05, 0) is 56.8 Å². The predicted octanol–water partition coefficient (Wildman–Crippen LogP) is 3.16. The number of rotatable bonds is 3. The third kappa shape index (κ3) is 2.22. The van der Waals surface area contributed by atoms with Crippen molar-refractivity contribution in [3.63, 3.8) is 0 Å². The van der Waals surface area contributed by atoms with Crippen molar-refractivity contribution in [1.82, 2.24) is 10.3 Å². The summed E-state index contributed by atoms with van der Waals surface area (Å²) in [6, 6.07) is 7.39. The molecule has 17 heavy (non-hydrogen) atoms. The van der Waals surface area contributed by atoms with Crippen LogP contribution in [0.5, 0.6) is 0 Å². The number of hydrogen-bond acceptors (Lipinski definition) is 1. The minimum atomic E-state index is 0.741. The van der Waals surface area contributed by atoms with E-state index in [9.17, 15) is 0 Å². The molecular weight excluding hydrogens is 208 g/mol. The van der Waals surface area contributed by atoms with E-state index in [-0.39, 0.29) is 0 Å². The molecule has 3 rings (SSSR count). The second kappa shape index (κ2) is 4.53. The molecule has 0 aliphatic carbocycles. The molecule has 2 nitrogen and oxygen atoms in total. The number of hydrogen-bond donors (Lipinski definition) is 2. The molecule has 1 fully saturated rings. The first-order valence-corrected chi connectivity index (χ1v) is 6.63. The molecule has 1 aliphatic heterocycles. The van der Waals surface area contributed by atoms with Crippen molar-refractivity contribution in [2.45, 2.75) is 38.6 Å². The average molecular weight is 228 g/mol. The molecule has 2 aromatic rings. The highest BCUT2D eigenvalue weighted by molar-refractivity contribution is 5.83. The fourth-order valence-corrected chi connectivity index (χ4v) is 2.83. The minimum absolute atomic E-state index is 0.741. The summed E-state index contributed by atoms with van der Waals surface area (Å²) < 4.78 is 0. The molecule has 2 heterocycles. The van der Waals surface area contributed by atoms with Gasteiger partial charge < -0.3 is 10.3 Å². The van der Waals surface area contributed by atoms with Crippen LogP contribution in [0.1, 0.15) is 30.4 Å². The number of benzene rings is 1. The van der Waals surface area contributed by atoms with E-state index < -0.39 is 0 Å². The summed E-state index contributed by atoms with van der Waals surface area (Å²) in [5.74, 6) is 0. The second-order valence-electron chi connectivity index (χ2n) is 5.19. The van der Waals surface area contributed by atoms with E-state index in [1.807, 2.05) is 0 Å². The molecule has 0 amide bonds. The third-order valence-corrected chi connectivity index (χ3v) is 3.85. The smallest absolute Gasteiger partial charge is 0.0456 e. The molecule has 0 bridgehead atoms. The number of aromatic nitrogens is 1. The number of fused-ring (bicyclic) bond motifs is 1. The Balaban J connectivity index is 1.77. The number of H-pyrrole nitrogens is 1. The lowest BCUT2D eigenvalue weighted by atomic mass is 10.0. The fraction of sp³-hybridized carbons (Fsp3) is 0.467. The van der Waals surface area contributed by atoms with Gasteiger partial charge in [-0.3, -0.25) is 0 Å². The molecule has 0 radical (unpaired) electrons. The van der Waals surface area contributed by atoms with Crippen molar-refractivity contribution in [1.29, 1.82) is 0 Å². The Kier molecular flexibility index (Phi) is 2.89. The van der Waals surface area contributed by atoms with Crippen LogP contribution in [0, 0.1) is 6.92 Å². The maximum Gasteiger partial charge on any atom is 0.0456 e. The van der Waals surface area contributed by atoms with E-state index in [0.717, 1.165) is 6.04 Å². The standard InChI is InChI=1S/C15H20N2/c1-11-4-7-15-14(9-11)12(10-17-15)5-6-13-3-2-8-16-13/h4,7,9-10,13,16-17H,2-3,5-6,8H2,1H3. The van der Waals surface area contributed by atoms with Crippen molar-refractivity contribution in [3.8, 4) is 0 Å². The van der Waals surface area contributed by atoms with Gasteiger partial charge in [-0.1, -0.05) is 11.6 Å². The Bertz CT molecular complexity index is 507. The lowest BCUT2D eigenvalue weighted by Crippen LogP contribution is -2.21. The maximum atomic E-state index is 3.57. The van der Waals surface area contributed by atoms with E-state index in [1.54, 1.807) is 0 Å². The first kappa shape index (κ1) is 10.8. The van der Waals surface area contributed by atoms with Gasteiger partial charge in [-0.2, -0.15) is 0 Å². The van der Waals surface area contributed by atoms with E-state index >= 15 is 0 Å². The summed E-state index contributed by atoms with van der Waals surface area (Å²) in [4.78, 5) is 3.37. The van der Waals surface area contributed by atoms with Gasteiger partial charge in [0.1, 0.15) is 0 Å². The molecule has 1 aromatic heterocycles. The van der Waals surface area contributed by atoms with Crippen LogP contribution in [-0.2, 0) is 6.42 Å². The SMILES string of the molecule is Cc1ccc2[nH]cc(CCC3CCCN3)c2c1. The Hall–Kier alpha value is -1.28. The summed E-state index contributed by atoms with van der Waals surface area (Å²) in [5.41, 5.74) is 4.08. The summed E-state index contributed by atoms with van der Waals surface area (Å²) in [6.07, 6.45) is 7.32. The third-order valence-electron chi connectivity index (χ3n) is 3.85. The lowest BCUT2D eigenvalue weighted by molar-refractivity contribution is 0.560. The monoisotopic (exact) mass is 228 g/mol. The van der Waals surface area contributed by atoms with Crippen LogP contribution in [0.3, 0.4) is 0 Å². The first-order valence-electron chi connectivity index (χ1n) is 6.63. The van der Waals surface area contributed by atoms with Crippen LogP contribution >= 0.6 is 0 Å². The van der Waals surface area contributed by atoms with E-state index in [4.69, 9.17) is 0 Å². The van der Waals surface area contributed by atoms with Gasteiger partial charge in [0, 0.05) is 23.1 Å². The quantitative estimate of drug-likeness (QED) is 0.829. The molecule has 1 saturated heterocycles. The lowest BCUT2D eigenvalue weighted by Gasteiger charge is -2.08.